The van der Waals surface area contributed by atoms with Crippen molar-refractivity contribution in [1.29, 1.82) is 0 Å². The third-order valence-corrected chi connectivity index (χ3v) is 4.04. The summed E-state index contributed by atoms with van der Waals surface area (Å²) in [7, 11) is 1.67. The Balaban J connectivity index is 0.00000156. The van der Waals surface area contributed by atoms with Crippen LogP contribution in [-0.4, -0.2) is 22.1 Å². The average Bonchev–Trinajstić information content (AvgIpc) is 2.52. The molecule has 23 heavy (non-hydrogen) atoms. The molecule has 0 bridgehead atoms. The number of hydrogen-bond acceptors (Lipinski definition) is 6. The van der Waals surface area contributed by atoms with E-state index < -0.39 is 0 Å². The highest BCUT2D eigenvalue weighted by Gasteiger charge is 2.20. The Labute approximate surface area is 139 Å². The monoisotopic (exact) mass is 329 g/mol. The zero-order valence-corrected chi connectivity index (χ0v) is 13.4. The molecule has 0 unspecified atom stereocenters. The Morgan fingerprint density at radius 2 is 1.78 bits per heavy atom. The van der Waals surface area contributed by atoms with Crippen LogP contribution < -0.4 is 16.2 Å². The Hall–Kier alpha value is -2.60. The van der Waals surface area contributed by atoms with E-state index in [-0.39, 0.29) is 18.4 Å². The number of ether oxygens (including phenoxy) is 1. The summed E-state index contributed by atoms with van der Waals surface area (Å²) in [4.78, 5) is 12.9. The molecule has 6 nitrogen and oxygen atoms in total. The van der Waals surface area contributed by atoms with Gasteiger partial charge in [-0.3, -0.25) is 0 Å². The fourth-order valence-electron chi connectivity index (χ4n) is 2.96. The van der Waals surface area contributed by atoms with Crippen LogP contribution in [0.25, 0.3) is 22.3 Å². The minimum Gasteiger partial charge on any atom is -0.497 e. The minimum atomic E-state index is 0. The van der Waals surface area contributed by atoms with E-state index in [1.54, 1.807) is 7.11 Å². The molecular weight excluding hydrogens is 314 g/mol. The summed E-state index contributed by atoms with van der Waals surface area (Å²) in [6.45, 7) is 0. The highest BCUT2D eigenvalue weighted by Crippen LogP contribution is 2.36. The average molecular weight is 330 g/mol. The van der Waals surface area contributed by atoms with Gasteiger partial charge in [-0.05, 0) is 48.2 Å². The molecule has 0 aliphatic heterocycles. The second-order valence-corrected chi connectivity index (χ2v) is 5.36. The number of benzene rings is 1. The van der Waals surface area contributed by atoms with Gasteiger partial charge < -0.3 is 16.2 Å². The highest BCUT2D eigenvalue weighted by atomic mass is 35.5. The molecule has 4 rings (SSSR count). The number of methoxy groups -OCH3 is 1. The lowest BCUT2D eigenvalue weighted by molar-refractivity contribution is 0.414. The number of rotatable bonds is 1. The molecule has 1 aromatic carbocycles. The number of anilines is 2. The van der Waals surface area contributed by atoms with Crippen molar-refractivity contribution in [1.82, 2.24) is 15.0 Å². The second kappa shape index (κ2) is 5.55. The summed E-state index contributed by atoms with van der Waals surface area (Å²) in [5, 5.41) is 0.755. The Morgan fingerprint density at radius 3 is 2.57 bits per heavy atom. The smallest absolute Gasteiger partial charge is 0.224 e. The molecule has 118 valence electrons. The van der Waals surface area contributed by atoms with E-state index in [4.69, 9.17) is 16.2 Å². The molecule has 0 saturated heterocycles. The summed E-state index contributed by atoms with van der Waals surface area (Å²) >= 11 is 0. The van der Waals surface area contributed by atoms with E-state index in [0.29, 0.717) is 11.5 Å². The predicted molar refractivity (Wildman–Crippen MR) is 92.8 cm³/mol. The number of nitrogen functional groups attached to an aromatic ring is 2. The van der Waals surface area contributed by atoms with Crippen molar-refractivity contribution >= 4 is 35.2 Å². The van der Waals surface area contributed by atoms with Crippen LogP contribution in [0.5, 0.6) is 5.75 Å². The molecule has 0 amide bonds. The maximum absolute atomic E-state index is 5.94. The lowest BCUT2D eigenvalue weighted by atomic mass is 9.88. The first-order valence-corrected chi connectivity index (χ1v) is 7.05. The molecule has 4 N–H and O–H groups in total. The van der Waals surface area contributed by atoms with Crippen LogP contribution >= 0.6 is 12.4 Å². The van der Waals surface area contributed by atoms with E-state index in [2.05, 4.69) is 21.0 Å². The van der Waals surface area contributed by atoms with Crippen molar-refractivity contribution in [3.63, 3.8) is 0 Å². The summed E-state index contributed by atoms with van der Waals surface area (Å²) in [6.07, 6.45) is 1.85. The van der Waals surface area contributed by atoms with Gasteiger partial charge >= 0.3 is 0 Å². The van der Waals surface area contributed by atoms with Gasteiger partial charge in [0.25, 0.3) is 0 Å². The van der Waals surface area contributed by atoms with E-state index in [9.17, 15) is 0 Å². The number of nitrogens with two attached hydrogens (primary N) is 2. The van der Waals surface area contributed by atoms with E-state index in [0.717, 1.165) is 40.8 Å². The lowest BCUT2D eigenvalue weighted by Gasteiger charge is -2.20. The van der Waals surface area contributed by atoms with Gasteiger partial charge in [-0.1, -0.05) is 0 Å². The number of aryl methyl sites for hydroxylation is 2. The minimum absolute atomic E-state index is 0. The lowest BCUT2D eigenvalue weighted by Crippen LogP contribution is -2.08. The normalized spacial score (nSPS) is 12.2. The molecule has 0 saturated carbocycles. The van der Waals surface area contributed by atoms with Gasteiger partial charge in [-0.15, -0.1) is 12.4 Å². The van der Waals surface area contributed by atoms with Crippen molar-refractivity contribution in [3.8, 4) is 17.0 Å². The molecule has 0 radical (unpaired) electrons. The maximum atomic E-state index is 5.94. The Bertz CT molecular complexity index is 913. The molecule has 7 heteroatoms. The number of hydrogen-bond donors (Lipinski definition) is 2. The van der Waals surface area contributed by atoms with Crippen molar-refractivity contribution in [2.45, 2.75) is 12.8 Å². The van der Waals surface area contributed by atoms with Gasteiger partial charge in [0.05, 0.1) is 18.2 Å². The Morgan fingerprint density at radius 1 is 1.00 bits per heavy atom. The van der Waals surface area contributed by atoms with Gasteiger partial charge in [0.1, 0.15) is 11.6 Å². The van der Waals surface area contributed by atoms with Crippen molar-refractivity contribution in [3.05, 3.63) is 35.4 Å². The molecule has 2 heterocycles. The fraction of sp³-hybridized carbons (Fsp3) is 0.188. The van der Waals surface area contributed by atoms with Crippen LogP contribution in [0.15, 0.2) is 24.3 Å². The van der Waals surface area contributed by atoms with Crippen molar-refractivity contribution in [2.75, 3.05) is 18.6 Å². The van der Waals surface area contributed by atoms with Crippen LogP contribution in [0.2, 0.25) is 0 Å². The first-order chi connectivity index (χ1) is 10.7. The number of fused-ring (bicyclic) bond motifs is 4. The highest BCUT2D eigenvalue weighted by molar-refractivity contribution is 5.90. The van der Waals surface area contributed by atoms with Crippen LogP contribution in [-0.2, 0) is 12.8 Å². The SMILES string of the molecule is COc1ccc2c(c1)CCc1cc3c(N)nc(N)nc3nc1-2.Cl. The van der Waals surface area contributed by atoms with E-state index >= 15 is 0 Å². The number of aromatic nitrogens is 3. The summed E-state index contributed by atoms with van der Waals surface area (Å²) < 4.78 is 5.30. The van der Waals surface area contributed by atoms with Crippen molar-refractivity contribution < 1.29 is 4.74 Å². The Kier molecular flexibility index (Phi) is 3.69. The molecule has 2 aromatic heterocycles. The van der Waals surface area contributed by atoms with Gasteiger partial charge in [-0.2, -0.15) is 9.97 Å². The van der Waals surface area contributed by atoms with Crippen LogP contribution in [0.1, 0.15) is 11.1 Å². The van der Waals surface area contributed by atoms with Gasteiger partial charge in [0.2, 0.25) is 5.95 Å². The summed E-state index contributed by atoms with van der Waals surface area (Å²) in [6, 6.07) is 8.08. The topological polar surface area (TPSA) is 99.9 Å². The number of nitrogens with zero attached hydrogens (tertiary/aromatic N) is 3. The van der Waals surface area contributed by atoms with Crippen molar-refractivity contribution in [2.24, 2.45) is 0 Å². The maximum Gasteiger partial charge on any atom is 0.224 e. The quantitative estimate of drug-likeness (QED) is 0.711. The van der Waals surface area contributed by atoms with E-state index in [1.165, 1.54) is 5.56 Å². The molecule has 0 atom stereocenters. The molecular formula is C16H16ClN5O. The molecule has 3 aromatic rings. The second-order valence-electron chi connectivity index (χ2n) is 5.36. The predicted octanol–water partition coefficient (Wildman–Crippen LogP) is 2.39. The molecule has 1 aliphatic rings. The third kappa shape index (κ3) is 2.41. The fourth-order valence-corrected chi connectivity index (χ4v) is 2.96. The summed E-state index contributed by atoms with van der Waals surface area (Å²) in [5.74, 6) is 1.38. The largest absolute Gasteiger partial charge is 0.497 e. The van der Waals surface area contributed by atoms with Crippen LogP contribution in [0, 0.1) is 0 Å². The van der Waals surface area contributed by atoms with Crippen LogP contribution in [0.4, 0.5) is 11.8 Å². The first-order valence-electron chi connectivity index (χ1n) is 7.05. The molecule has 0 spiro atoms. The van der Waals surface area contributed by atoms with Crippen LogP contribution in [0.3, 0.4) is 0 Å². The zero-order chi connectivity index (χ0) is 15.3. The third-order valence-electron chi connectivity index (χ3n) is 4.04. The molecule has 1 aliphatic carbocycles. The molecule has 0 fully saturated rings. The van der Waals surface area contributed by atoms with E-state index in [1.807, 2.05) is 18.2 Å². The number of halogens is 1. The van der Waals surface area contributed by atoms with Gasteiger partial charge in [0.15, 0.2) is 5.65 Å². The standard InChI is InChI=1S/C16H15N5O.ClH/c1-22-10-4-5-11-8(6-10)2-3-9-7-12-14(17)20-16(18)21-15(12)19-13(9)11;/h4-7H,2-3H2,1H3,(H4,17,18,19,20,21);1H. The number of pyridine rings is 1. The zero-order valence-electron chi connectivity index (χ0n) is 12.5. The van der Waals surface area contributed by atoms with Gasteiger partial charge in [0, 0.05) is 5.56 Å². The first kappa shape index (κ1) is 15.3. The van der Waals surface area contributed by atoms with Gasteiger partial charge in [-0.25, -0.2) is 4.98 Å². The summed E-state index contributed by atoms with van der Waals surface area (Å²) in [5.41, 5.74) is 16.6.